The van der Waals surface area contributed by atoms with Crippen LogP contribution in [0.5, 0.6) is 0 Å². The lowest BCUT2D eigenvalue weighted by atomic mass is 9.95. The van der Waals surface area contributed by atoms with Gasteiger partial charge in [-0.2, -0.15) is 0 Å². The highest BCUT2D eigenvalue weighted by Crippen LogP contribution is 2.20. The lowest BCUT2D eigenvalue weighted by Crippen LogP contribution is -2.32. The average Bonchev–Trinajstić information content (AvgIpc) is 2.83. The van der Waals surface area contributed by atoms with E-state index >= 15 is 0 Å². The molecule has 0 bridgehead atoms. The van der Waals surface area contributed by atoms with E-state index in [-0.39, 0.29) is 0 Å². The molecule has 1 aliphatic rings. The monoisotopic (exact) mass is 282 g/mol. The van der Waals surface area contributed by atoms with Crippen molar-refractivity contribution in [2.75, 3.05) is 6.54 Å². The number of nitrogens with zero attached hydrogens (tertiary/aromatic N) is 1. The van der Waals surface area contributed by atoms with E-state index in [2.05, 4.69) is 10.3 Å². The molecular formula is C14H22N2O2S. The summed E-state index contributed by atoms with van der Waals surface area (Å²) in [5.74, 6) is -0.846. The normalized spacial score (nSPS) is 16.7. The van der Waals surface area contributed by atoms with Crippen molar-refractivity contribution >= 4 is 17.3 Å². The number of aromatic nitrogens is 1. The summed E-state index contributed by atoms with van der Waals surface area (Å²) in [4.78, 5) is 15.9. The van der Waals surface area contributed by atoms with Gasteiger partial charge in [0.2, 0.25) is 0 Å². The van der Waals surface area contributed by atoms with E-state index < -0.39 is 5.97 Å². The Balaban J connectivity index is 1.83. The molecular weight excluding hydrogens is 260 g/mol. The second-order valence-corrected chi connectivity index (χ2v) is 6.16. The Kier molecular flexibility index (Phi) is 5.34. The van der Waals surface area contributed by atoms with Gasteiger partial charge in [0.1, 0.15) is 4.88 Å². The van der Waals surface area contributed by atoms with Crippen LogP contribution in [0.2, 0.25) is 0 Å². The van der Waals surface area contributed by atoms with Gasteiger partial charge in [-0.05, 0) is 19.3 Å². The van der Waals surface area contributed by atoms with Gasteiger partial charge in [0.05, 0.1) is 10.7 Å². The number of carboxylic acid groups (broad SMARTS) is 1. The minimum absolute atomic E-state index is 0.412. The molecule has 1 heterocycles. The first-order valence-electron chi connectivity index (χ1n) is 7.16. The van der Waals surface area contributed by atoms with Crippen LogP contribution < -0.4 is 5.32 Å². The van der Waals surface area contributed by atoms with Gasteiger partial charge < -0.3 is 10.4 Å². The molecule has 0 saturated heterocycles. The summed E-state index contributed by atoms with van der Waals surface area (Å²) in [6.07, 6.45) is 8.11. The summed E-state index contributed by atoms with van der Waals surface area (Å²) in [6, 6.07) is 0.651. The molecule has 0 aliphatic heterocycles. The summed E-state index contributed by atoms with van der Waals surface area (Å²) >= 11 is 1.33. The maximum absolute atomic E-state index is 11.1. The van der Waals surface area contributed by atoms with Crippen molar-refractivity contribution in [3.8, 4) is 0 Å². The summed E-state index contributed by atoms with van der Waals surface area (Å²) in [5.41, 5.74) is 0.727. The van der Waals surface area contributed by atoms with E-state index in [1.165, 1.54) is 43.4 Å². The highest BCUT2D eigenvalue weighted by molar-refractivity contribution is 7.13. The van der Waals surface area contributed by atoms with Crippen molar-refractivity contribution in [3.63, 3.8) is 0 Å². The molecule has 0 radical (unpaired) electrons. The molecule has 5 heteroatoms. The summed E-state index contributed by atoms with van der Waals surface area (Å²) in [6.45, 7) is 2.85. The minimum Gasteiger partial charge on any atom is -0.477 e. The number of nitrogens with one attached hydrogen (secondary N) is 1. The quantitative estimate of drug-likeness (QED) is 0.842. The van der Waals surface area contributed by atoms with E-state index in [1.807, 2.05) is 6.92 Å². The Bertz CT molecular complexity index is 425. The highest BCUT2D eigenvalue weighted by atomic mass is 32.1. The fourth-order valence-corrected chi connectivity index (χ4v) is 3.60. The third-order valence-electron chi connectivity index (χ3n) is 3.65. The maximum Gasteiger partial charge on any atom is 0.347 e. The van der Waals surface area contributed by atoms with Gasteiger partial charge in [0.25, 0.3) is 0 Å². The molecule has 19 heavy (non-hydrogen) atoms. The zero-order valence-electron chi connectivity index (χ0n) is 11.4. The third-order valence-corrected chi connectivity index (χ3v) is 4.79. The standard InChI is InChI=1S/C14H22N2O2S/c1-2-11-13(14(17)18)19-12(16-11)8-9-15-10-6-4-3-5-7-10/h10,15H,2-9H2,1H3,(H,17,18). The predicted molar refractivity (Wildman–Crippen MR) is 77.0 cm³/mol. The molecule has 0 atom stereocenters. The van der Waals surface area contributed by atoms with E-state index in [0.717, 1.165) is 23.7 Å². The number of hydrogen-bond acceptors (Lipinski definition) is 4. The molecule has 0 amide bonds. The van der Waals surface area contributed by atoms with Gasteiger partial charge in [-0.25, -0.2) is 9.78 Å². The van der Waals surface area contributed by atoms with Crippen LogP contribution in [0.3, 0.4) is 0 Å². The van der Waals surface area contributed by atoms with Gasteiger partial charge in [-0.3, -0.25) is 0 Å². The molecule has 2 rings (SSSR count). The molecule has 1 aliphatic carbocycles. The number of aromatic carboxylic acids is 1. The van der Waals surface area contributed by atoms with Crippen molar-refractivity contribution in [1.82, 2.24) is 10.3 Å². The van der Waals surface area contributed by atoms with Gasteiger partial charge in [-0.1, -0.05) is 26.2 Å². The topological polar surface area (TPSA) is 62.2 Å². The largest absolute Gasteiger partial charge is 0.477 e. The molecule has 0 unspecified atom stereocenters. The van der Waals surface area contributed by atoms with Crippen LogP contribution in [0.4, 0.5) is 0 Å². The van der Waals surface area contributed by atoms with Crippen LogP contribution in [0.15, 0.2) is 0 Å². The Morgan fingerprint density at radius 2 is 2.16 bits per heavy atom. The molecule has 1 fully saturated rings. The molecule has 0 spiro atoms. The van der Waals surface area contributed by atoms with E-state index in [4.69, 9.17) is 5.11 Å². The third kappa shape index (κ3) is 4.01. The fourth-order valence-electron chi connectivity index (χ4n) is 2.60. The smallest absolute Gasteiger partial charge is 0.347 e. The fraction of sp³-hybridized carbons (Fsp3) is 0.714. The number of hydrogen-bond donors (Lipinski definition) is 2. The van der Waals surface area contributed by atoms with Crippen LogP contribution in [-0.2, 0) is 12.8 Å². The number of aryl methyl sites for hydroxylation is 1. The molecule has 4 nitrogen and oxygen atoms in total. The van der Waals surface area contributed by atoms with Gasteiger partial charge in [-0.15, -0.1) is 11.3 Å². The summed E-state index contributed by atoms with van der Waals surface area (Å²) in [7, 11) is 0. The Hall–Kier alpha value is -0.940. The summed E-state index contributed by atoms with van der Waals surface area (Å²) < 4.78 is 0. The van der Waals surface area contributed by atoms with Gasteiger partial charge >= 0.3 is 5.97 Å². The van der Waals surface area contributed by atoms with E-state index in [0.29, 0.717) is 17.3 Å². The van der Waals surface area contributed by atoms with Crippen molar-refractivity contribution in [2.24, 2.45) is 0 Å². The lowest BCUT2D eigenvalue weighted by Gasteiger charge is -2.22. The predicted octanol–water partition coefficient (Wildman–Crippen LogP) is 2.87. The first-order chi connectivity index (χ1) is 9.20. The maximum atomic E-state index is 11.1. The average molecular weight is 282 g/mol. The van der Waals surface area contributed by atoms with Crippen LogP contribution in [-0.4, -0.2) is 28.6 Å². The van der Waals surface area contributed by atoms with E-state index in [9.17, 15) is 4.79 Å². The molecule has 0 aromatic carbocycles. The number of rotatable bonds is 6. The van der Waals surface area contributed by atoms with Gasteiger partial charge in [0, 0.05) is 19.0 Å². The van der Waals surface area contributed by atoms with Crippen LogP contribution >= 0.6 is 11.3 Å². The first-order valence-corrected chi connectivity index (χ1v) is 7.97. The highest BCUT2D eigenvalue weighted by Gasteiger charge is 2.16. The molecule has 1 aromatic heterocycles. The van der Waals surface area contributed by atoms with Crippen molar-refractivity contribution in [2.45, 2.75) is 57.9 Å². The number of carboxylic acids is 1. The summed E-state index contributed by atoms with van der Waals surface area (Å²) in [5, 5.41) is 13.6. The first kappa shape index (κ1) is 14.5. The van der Waals surface area contributed by atoms with Crippen molar-refractivity contribution in [1.29, 1.82) is 0 Å². The molecule has 1 aromatic rings. The second-order valence-electron chi connectivity index (χ2n) is 5.08. The Morgan fingerprint density at radius 1 is 1.42 bits per heavy atom. The number of carbonyl (C=O) groups is 1. The molecule has 106 valence electrons. The SMILES string of the molecule is CCc1nc(CCNC2CCCCC2)sc1C(=O)O. The van der Waals surface area contributed by atoms with E-state index in [1.54, 1.807) is 0 Å². The zero-order valence-corrected chi connectivity index (χ0v) is 12.3. The number of thiazole rings is 1. The lowest BCUT2D eigenvalue weighted by molar-refractivity contribution is 0.0701. The van der Waals surface area contributed by atoms with Crippen LogP contribution in [0.25, 0.3) is 0 Å². The van der Waals surface area contributed by atoms with Crippen LogP contribution in [0, 0.1) is 0 Å². The second kappa shape index (κ2) is 7.01. The van der Waals surface area contributed by atoms with Gasteiger partial charge in [0.15, 0.2) is 0 Å². The van der Waals surface area contributed by atoms with Crippen molar-refractivity contribution < 1.29 is 9.90 Å². The zero-order chi connectivity index (χ0) is 13.7. The minimum atomic E-state index is -0.846. The van der Waals surface area contributed by atoms with Crippen LogP contribution in [0.1, 0.15) is 59.4 Å². The van der Waals surface area contributed by atoms with Crippen molar-refractivity contribution in [3.05, 3.63) is 15.6 Å². The molecule has 1 saturated carbocycles. The Morgan fingerprint density at radius 3 is 2.74 bits per heavy atom. The Labute approximate surface area is 118 Å². The molecule has 2 N–H and O–H groups in total.